The Morgan fingerprint density at radius 2 is 1.80 bits per heavy atom. The molecule has 0 saturated heterocycles. The third kappa shape index (κ3) is 7.21. The molecule has 0 bridgehead atoms. The van der Waals surface area contributed by atoms with Crippen LogP contribution < -0.4 is 0 Å². The van der Waals surface area contributed by atoms with E-state index in [4.69, 9.17) is 5.16 Å². The van der Waals surface area contributed by atoms with Crippen LogP contribution in [0.2, 0.25) is 0 Å². The van der Waals surface area contributed by atoms with Gasteiger partial charge in [-0.2, -0.15) is 0 Å². The lowest BCUT2D eigenvalue weighted by molar-refractivity contribution is 1.63. The fourth-order valence-electron chi connectivity index (χ4n) is 0.210. The predicted molar refractivity (Wildman–Crippen MR) is 48.6 cm³/mol. The zero-order valence-corrected chi connectivity index (χ0v) is 7.57. The molecule has 0 aromatic rings. The molecule has 0 aliphatic rings. The van der Waals surface area contributed by atoms with Crippen molar-refractivity contribution in [2.45, 2.75) is 0 Å². The Morgan fingerprint density at radius 1 is 1.20 bits per heavy atom. The lowest BCUT2D eigenvalue weighted by atomic mass is 10.6. The van der Waals surface area contributed by atoms with E-state index in [1.807, 2.05) is 0 Å². The maximum atomic E-state index is 7.04. The first kappa shape index (κ1) is 9.21. The van der Waals surface area contributed by atoms with Gasteiger partial charge in [-0.3, -0.25) is 0 Å². The summed E-state index contributed by atoms with van der Waals surface area (Å²) in [7, 11) is 1.35. The molecule has 0 spiro atoms. The standard InChI is InChI=1S/C7H6NP2/c1-10(8)7-5-3-2-4-6-9/h8H,9H2,1H3/q+1. The summed E-state index contributed by atoms with van der Waals surface area (Å²) < 4.78 is 0. The van der Waals surface area contributed by atoms with Crippen molar-refractivity contribution >= 4 is 17.0 Å². The van der Waals surface area contributed by atoms with Gasteiger partial charge in [-0.25, -0.2) is 0 Å². The molecular formula is C7H6NP2+. The van der Waals surface area contributed by atoms with Gasteiger partial charge in [0.2, 0.25) is 0 Å². The maximum absolute atomic E-state index is 7.04. The van der Waals surface area contributed by atoms with Gasteiger partial charge < -0.3 is 0 Å². The smallest absolute Gasteiger partial charge is 0.111 e. The van der Waals surface area contributed by atoms with E-state index in [-0.39, 0.29) is 0 Å². The summed E-state index contributed by atoms with van der Waals surface area (Å²) in [4.78, 5) is 0. The fourth-order valence-corrected chi connectivity index (χ4v) is 0.506. The zero-order chi connectivity index (χ0) is 7.82. The van der Waals surface area contributed by atoms with E-state index in [1.165, 1.54) is 0 Å². The molecule has 1 N–H and O–H groups in total. The van der Waals surface area contributed by atoms with Crippen molar-refractivity contribution in [2.75, 3.05) is 6.66 Å². The third-order valence-corrected chi connectivity index (χ3v) is 1.07. The molecule has 0 heterocycles. The highest BCUT2D eigenvalue weighted by atomic mass is 31.1. The minimum atomic E-state index is -0.888. The number of hydrogen-bond acceptors (Lipinski definition) is 1. The van der Waals surface area contributed by atoms with E-state index in [2.05, 4.69) is 44.2 Å². The second-order valence-corrected chi connectivity index (χ2v) is 2.95. The highest BCUT2D eigenvalue weighted by molar-refractivity contribution is 7.50. The van der Waals surface area contributed by atoms with Gasteiger partial charge in [-0.05, 0) is 11.8 Å². The summed E-state index contributed by atoms with van der Waals surface area (Å²) in [6.45, 7) is 1.76. The van der Waals surface area contributed by atoms with Crippen molar-refractivity contribution in [3.63, 3.8) is 0 Å². The average molecular weight is 166 g/mol. The summed E-state index contributed by atoms with van der Waals surface area (Å²) >= 11 is 0. The van der Waals surface area contributed by atoms with E-state index >= 15 is 0 Å². The molecule has 0 aromatic heterocycles. The Labute approximate surface area is 64.5 Å². The molecule has 1 nitrogen and oxygen atoms in total. The number of nitrogens with one attached hydrogen (secondary N) is 1. The molecule has 48 valence electrons. The van der Waals surface area contributed by atoms with Crippen molar-refractivity contribution < 1.29 is 0 Å². The van der Waals surface area contributed by atoms with Gasteiger partial charge in [0.15, 0.2) is 5.66 Å². The zero-order valence-electron chi connectivity index (χ0n) is 5.52. The Morgan fingerprint density at radius 3 is 2.30 bits per heavy atom. The molecule has 0 amide bonds. The average Bonchev–Trinajstić information content (AvgIpc) is 1.87. The second-order valence-electron chi connectivity index (χ2n) is 1.32. The van der Waals surface area contributed by atoms with Gasteiger partial charge in [0, 0.05) is 11.8 Å². The molecule has 3 heteroatoms. The monoisotopic (exact) mass is 166 g/mol. The van der Waals surface area contributed by atoms with Crippen molar-refractivity contribution in [3.8, 4) is 35.0 Å². The Hall–Kier alpha value is -0.790. The Bertz CT molecular complexity index is 298. The third-order valence-electron chi connectivity index (χ3n) is 0.483. The van der Waals surface area contributed by atoms with Gasteiger partial charge in [0.05, 0.1) is 0 Å². The van der Waals surface area contributed by atoms with Crippen LogP contribution in [-0.2, 0) is 0 Å². The van der Waals surface area contributed by atoms with Gasteiger partial charge >= 0.3 is 0 Å². The molecule has 0 saturated carbocycles. The molecule has 0 rings (SSSR count). The topological polar surface area (TPSA) is 23.9 Å². The molecular weight excluding hydrogens is 160 g/mol. The summed E-state index contributed by atoms with van der Waals surface area (Å²) in [5.41, 5.74) is 5.18. The second kappa shape index (κ2) is 6.33. The van der Waals surface area contributed by atoms with E-state index in [0.29, 0.717) is 0 Å². The van der Waals surface area contributed by atoms with E-state index in [9.17, 15) is 0 Å². The van der Waals surface area contributed by atoms with Gasteiger partial charge in [0.1, 0.15) is 6.66 Å². The molecule has 0 radical (unpaired) electrons. The maximum Gasteiger partial charge on any atom is 0.284 e. The summed E-state index contributed by atoms with van der Waals surface area (Å²) in [5.74, 6) is 10.1. The first-order valence-electron chi connectivity index (χ1n) is 2.43. The van der Waals surface area contributed by atoms with Crippen LogP contribution in [0, 0.1) is 40.2 Å². The Kier molecular flexibility index (Phi) is 5.83. The molecule has 0 aromatic carbocycles. The van der Waals surface area contributed by atoms with Crippen LogP contribution in [0.1, 0.15) is 0 Å². The van der Waals surface area contributed by atoms with Crippen molar-refractivity contribution in [1.82, 2.24) is 0 Å². The van der Waals surface area contributed by atoms with E-state index in [1.54, 1.807) is 6.66 Å². The molecule has 0 aliphatic heterocycles. The first-order valence-corrected chi connectivity index (χ1v) is 4.80. The van der Waals surface area contributed by atoms with Crippen LogP contribution in [0.5, 0.6) is 0 Å². The van der Waals surface area contributed by atoms with Crippen LogP contribution in [0.25, 0.3) is 0 Å². The van der Waals surface area contributed by atoms with Crippen LogP contribution in [0.3, 0.4) is 0 Å². The van der Waals surface area contributed by atoms with E-state index in [0.717, 1.165) is 0 Å². The molecule has 0 aliphatic carbocycles. The molecule has 2 unspecified atom stereocenters. The predicted octanol–water partition coefficient (Wildman–Crippen LogP) is 1.66. The summed E-state index contributed by atoms with van der Waals surface area (Å²) in [5, 5.41) is 7.04. The highest BCUT2D eigenvalue weighted by Gasteiger charge is 1.85. The van der Waals surface area contributed by atoms with Crippen molar-refractivity contribution in [3.05, 3.63) is 0 Å². The lowest BCUT2D eigenvalue weighted by Crippen LogP contribution is -1.49. The Balaban J connectivity index is 3.98. The van der Waals surface area contributed by atoms with Gasteiger partial charge in [0.25, 0.3) is 7.71 Å². The molecule has 10 heavy (non-hydrogen) atoms. The minimum absolute atomic E-state index is 0.888. The SMILES string of the molecule is C[P+](=N)C#CC#CC#CP. The minimum Gasteiger partial charge on any atom is -0.111 e. The van der Waals surface area contributed by atoms with Gasteiger partial charge in [-0.15, -0.1) is 5.16 Å². The molecule has 0 fully saturated rings. The number of hydrogen-bond donors (Lipinski definition) is 1. The normalized spacial score (nSPS) is 6.80. The lowest BCUT2D eigenvalue weighted by Gasteiger charge is -1.54. The van der Waals surface area contributed by atoms with E-state index < -0.39 is 7.71 Å². The summed E-state index contributed by atoms with van der Waals surface area (Å²) in [6.07, 6.45) is 0. The van der Waals surface area contributed by atoms with Gasteiger partial charge in [-0.1, -0.05) is 14.9 Å². The van der Waals surface area contributed by atoms with Crippen molar-refractivity contribution in [2.24, 2.45) is 0 Å². The largest absolute Gasteiger partial charge is 0.284 e. The first-order chi connectivity index (χ1) is 4.77. The number of rotatable bonds is 0. The van der Waals surface area contributed by atoms with Crippen molar-refractivity contribution in [1.29, 1.82) is 5.16 Å². The molecule has 2 atom stereocenters. The summed E-state index contributed by atoms with van der Waals surface area (Å²) in [6, 6.07) is 0. The van der Waals surface area contributed by atoms with Crippen LogP contribution in [0.4, 0.5) is 0 Å². The van der Waals surface area contributed by atoms with Crippen LogP contribution in [0.15, 0.2) is 0 Å². The highest BCUT2D eigenvalue weighted by Crippen LogP contribution is 2.09. The quantitative estimate of drug-likeness (QED) is 0.418. The van der Waals surface area contributed by atoms with Crippen LogP contribution >= 0.6 is 17.0 Å². The fraction of sp³-hybridized carbons (Fsp3) is 0.143. The van der Waals surface area contributed by atoms with Crippen LogP contribution in [-0.4, -0.2) is 6.66 Å².